The molecular formula is C6H7OY-. The van der Waals surface area contributed by atoms with Crippen molar-refractivity contribution in [1.29, 1.82) is 0 Å². The second kappa shape index (κ2) is 4.28. The molecule has 1 nitrogen and oxygen atoms in total. The summed E-state index contributed by atoms with van der Waals surface area (Å²) in [6.07, 6.45) is 2.53. The fraction of sp³-hybridized carbons (Fsp3) is 0.333. The maximum Gasteiger partial charge on any atom is 0 e. The quantitative estimate of drug-likeness (QED) is 0.604. The van der Waals surface area contributed by atoms with Crippen LogP contribution >= 0.6 is 0 Å². The summed E-state index contributed by atoms with van der Waals surface area (Å²) in [7, 11) is 0. The Morgan fingerprint density at radius 3 is 2.75 bits per heavy atom. The van der Waals surface area contributed by atoms with E-state index in [2.05, 4.69) is 6.07 Å². The molecule has 0 saturated heterocycles. The minimum atomic E-state index is 0. The van der Waals surface area contributed by atoms with Crippen molar-refractivity contribution in [3.8, 4) is 0 Å². The first-order valence-electron chi connectivity index (χ1n) is 2.37. The molecule has 0 saturated carbocycles. The number of aryl methyl sites for hydroxylation is 1. The Morgan fingerprint density at radius 2 is 2.50 bits per heavy atom. The van der Waals surface area contributed by atoms with Crippen LogP contribution in [0.5, 0.6) is 0 Å². The summed E-state index contributed by atoms with van der Waals surface area (Å²) < 4.78 is 4.93. The molecule has 0 bridgehead atoms. The van der Waals surface area contributed by atoms with E-state index in [1.165, 1.54) is 0 Å². The van der Waals surface area contributed by atoms with Crippen LogP contribution < -0.4 is 0 Å². The maximum absolute atomic E-state index is 4.93. The Balaban J connectivity index is 0.000000490. The number of furan rings is 1. The van der Waals surface area contributed by atoms with E-state index in [1.807, 2.05) is 13.0 Å². The summed E-state index contributed by atoms with van der Waals surface area (Å²) in [5.74, 6) is 1.00. The minimum Gasteiger partial charge on any atom is -0.573 e. The largest absolute Gasteiger partial charge is 0.573 e. The van der Waals surface area contributed by atoms with Gasteiger partial charge in [-0.1, -0.05) is 19.1 Å². The van der Waals surface area contributed by atoms with E-state index >= 15 is 0 Å². The van der Waals surface area contributed by atoms with E-state index in [0.29, 0.717) is 0 Å². The monoisotopic (exact) mass is 184 g/mol. The third kappa shape index (κ3) is 2.10. The first-order valence-corrected chi connectivity index (χ1v) is 2.37. The Labute approximate surface area is 74.3 Å². The molecule has 0 unspecified atom stereocenters. The average Bonchev–Trinajstić information content (AvgIpc) is 2.14. The molecule has 0 spiro atoms. The van der Waals surface area contributed by atoms with Gasteiger partial charge in [0.15, 0.2) is 0 Å². The van der Waals surface area contributed by atoms with Crippen LogP contribution in [0, 0.1) is 6.07 Å². The van der Waals surface area contributed by atoms with E-state index in [4.69, 9.17) is 4.42 Å². The molecule has 0 amide bonds. The van der Waals surface area contributed by atoms with Gasteiger partial charge in [0.25, 0.3) is 0 Å². The minimum absolute atomic E-state index is 0. The standard InChI is InChI=1S/C6H7O.Y/c1-2-6-4-3-5-7-6;/h4-5H,2H2,1H3;/q-1;. The van der Waals surface area contributed by atoms with Gasteiger partial charge in [-0.25, -0.2) is 6.07 Å². The summed E-state index contributed by atoms with van der Waals surface area (Å²) in [5, 5.41) is 0. The molecule has 0 N–H and O–H groups in total. The Hall–Kier alpha value is 0.384. The van der Waals surface area contributed by atoms with Crippen molar-refractivity contribution in [2.45, 2.75) is 13.3 Å². The van der Waals surface area contributed by atoms with Gasteiger partial charge in [-0.05, 0) is 6.26 Å². The predicted octanol–water partition coefficient (Wildman–Crippen LogP) is 1.64. The van der Waals surface area contributed by atoms with Gasteiger partial charge in [-0.2, -0.15) is 6.07 Å². The van der Waals surface area contributed by atoms with Gasteiger partial charge >= 0.3 is 0 Å². The summed E-state index contributed by atoms with van der Waals surface area (Å²) in [4.78, 5) is 0. The fourth-order valence-electron chi connectivity index (χ4n) is 0.456. The summed E-state index contributed by atoms with van der Waals surface area (Å²) in [6.45, 7) is 2.05. The molecule has 0 aromatic carbocycles. The van der Waals surface area contributed by atoms with Crippen LogP contribution in [-0.2, 0) is 39.1 Å². The van der Waals surface area contributed by atoms with Gasteiger partial charge in [0.2, 0.25) is 0 Å². The molecule has 41 valence electrons. The second-order valence-electron chi connectivity index (χ2n) is 1.37. The molecular weight excluding hydrogens is 177 g/mol. The third-order valence-corrected chi connectivity index (χ3v) is 0.871. The van der Waals surface area contributed by atoms with Crippen molar-refractivity contribution in [2.24, 2.45) is 0 Å². The molecule has 1 radical (unpaired) electrons. The molecule has 0 aliphatic heterocycles. The zero-order chi connectivity index (χ0) is 5.11. The Bertz CT molecular complexity index is 123. The van der Waals surface area contributed by atoms with Crippen LogP contribution in [0.15, 0.2) is 16.7 Å². The SMILES string of the molecule is CCc1c[c-]co1.[Y]. The number of rotatable bonds is 1. The normalized spacial score (nSPS) is 8.12. The molecule has 1 heterocycles. The molecule has 0 aliphatic carbocycles. The molecule has 1 aromatic heterocycles. The van der Waals surface area contributed by atoms with Gasteiger partial charge < -0.3 is 4.42 Å². The van der Waals surface area contributed by atoms with Gasteiger partial charge in [0, 0.05) is 32.7 Å². The fourth-order valence-corrected chi connectivity index (χ4v) is 0.456. The van der Waals surface area contributed by atoms with Crippen LogP contribution in [0.1, 0.15) is 12.7 Å². The number of hydrogen-bond donors (Lipinski definition) is 0. The Kier molecular flexibility index (Phi) is 4.49. The molecule has 1 rings (SSSR count). The zero-order valence-corrected chi connectivity index (χ0v) is 7.69. The second-order valence-corrected chi connectivity index (χ2v) is 1.37. The van der Waals surface area contributed by atoms with Crippen molar-refractivity contribution >= 4 is 0 Å². The molecule has 0 fully saturated rings. The van der Waals surface area contributed by atoms with Gasteiger partial charge in [0.05, 0.1) is 0 Å². The van der Waals surface area contributed by atoms with Crippen molar-refractivity contribution in [1.82, 2.24) is 0 Å². The smallest absolute Gasteiger partial charge is 0 e. The van der Waals surface area contributed by atoms with E-state index in [9.17, 15) is 0 Å². The van der Waals surface area contributed by atoms with Crippen molar-refractivity contribution in [3.63, 3.8) is 0 Å². The van der Waals surface area contributed by atoms with E-state index in [0.717, 1.165) is 12.2 Å². The van der Waals surface area contributed by atoms with Crippen LogP contribution in [0.25, 0.3) is 0 Å². The van der Waals surface area contributed by atoms with Crippen molar-refractivity contribution in [2.75, 3.05) is 0 Å². The van der Waals surface area contributed by atoms with Crippen LogP contribution in [0.3, 0.4) is 0 Å². The molecule has 2 heteroatoms. The number of hydrogen-bond acceptors (Lipinski definition) is 1. The maximum atomic E-state index is 4.93. The van der Waals surface area contributed by atoms with E-state index in [1.54, 1.807) is 6.26 Å². The van der Waals surface area contributed by atoms with Gasteiger partial charge in [-0.15, -0.1) is 0 Å². The summed E-state index contributed by atoms with van der Waals surface area (Å²) in [6, 6.07) is 4.66. The first-order chi connectivity index (χ1) is 3.43. The summed E-state index contributed by atoms with van der Waals surface area (Å²) in [5.41, 5.74) is 0. The van der Waals surface area contributed by atoms with Crippen LogP contribution in [0.2, 0.25) is 0 Å². The third-order valence-electron chi connectivity index (χ3n) is 0.871. The molecule has 1 aromatic rings. The first kappa shape index (κ1) is 8.38. The molecule has 0 aliphatic rings. The van der Waals surface area contributed by atoms with E-state index < -0.39 is 0 Å². The van der Waals surface area contributed by atoms with Crippen LogP contribution in [-0.4, -0.2) is 0 Å². The average molecular weight is 184 g/mol. The Morgan fingerprint density at radius 1 is 1.75 bits per heavy atom. The summed E-state index contributed by atoms with van der Waals surface area (Å²) >= 11 is 0. The van der Waals surface area contributed by atoms with Crippen LogP contribution in [0.4, 0.5) is 0 Å². The molecule has 8 heavy (non-hydrogen) atoms. The molecule has 0 atom stereocenters. The van der Waals surface area contributed by atoms with Crippen molar-refractivity contribution < 1.29 is 37.1 Å². The van der Waals surface area contributed by atoms with Crippen molar-refractivity contribution in [3.05, 3.63) is 24.2 Å². The topological polar surface area (TPSA) is 13.1 Å². The van der Waals surface area contributed by atoms with Gasteiger partial charge in [0.1, 0.15) is 0 Å². The van der Waals surface area contributed by atoms with Gasteiger partial charge in [-0.3, -0.25) is 0 Å². The predicted molar refractivity (Wildman–Crippen MR) is 26.9 cm³/mol. The van der Waals surface area contributed by atoms with E-state index in [-0.39, 0.29) is 32.7 Å². The zero-order valence-electron chi connectivity index (χ0n) is 4.85.